The summed E-state index contributed by atoms with van der Waals surface area (Å²) in [6.45, 7) is 4.23. The van der Waals surface area contributed by atoms with Crippen molar-refractivity contribution in [2.75, 3.05) is 38.1 Å². The Hall–Kier alpha value is -3.08. The van der Waals surface area contributed by atoms with Gasteiger partial charge in [0.15, 0.2) is 6.19 Å². The zero-order chi connectivity index (χ0) is 21.5. The standard InChI is InChI=1S/C22H30N6O2/c1-17-8-7-9-18(14-17)26(2)22(24-16-23)25-19-10-3-4-13-28(21(19)30)15-20(29)27-11-5-6-12-27/h7-9,14,19H,3-6,10-13,15H2,1-2H3,(H,24,25). The van der Waals surface area contributed by atoms with Crippen LogP contribution >= 0.6 is 0 Å². The number of nitrogens with one attached hydrogen (secondary N) is 1. The molecule has 0 radical (unpaired) electrons. The molecule has 0 saturated carbocycles. The molecule has 2 fully saturated rings. The quantitative estimate of drug-likeness (QED) is 0.354. The molecule has 0 bridgehead atoms. The molecule has 0 spiro atoms. The molecule has 8 heteroatoms. The van der Waals surface area contributed by atoms with Crippen molar-refractivity contribution in [3.8, 4) is 6.19 Å². The number of aryl methyl sites for hydroxylation is 1. The van der Waals surface area contributed by atoms with Gasteiger partial charge >= 0.3 is 0 Å². The first-order valence-electron chi connectivity index (χ1n) is 10.6. The Morgan fingerprint density at radius 1 is 1.27 bits per heavy atom. The average Bonchev–Trinajstić information content (AvgIpc) is 3.23. The topological polar surface area (TPSA) is 92.0 Å². The van der Waals surface area contributed by atoms with Gasteiger partial charge in [0.05, 0.1) is 6.54 Å². The lowest BCUT2D eigenvalue weighted by molar-refractivity contribution is -0.140. The van der Waals surface area contributed by atoms with E-state index in [1.54, 1.807) is 9.80 Å². The molecule has 2 aliphatic rings. The minimum atomic E-state index is -0.609. The third-order valence-corrected chi connectivity index (χ3v) is 5.69. The number of rotatable bonds is 4. The molecule has 3 rings (SSSR count). The van der Waals surface area contributed by atoms with Crippen molar-refractivity contribution >= 4 is 23.5 Å². The number of carbonyl (C=O) groups excluding carboxylic acids is 2. The number of guanidine groups is 1. The van der Waals surface area contributed by atoms with Gasteiger partial charge in [0.1, 0.15) is 6.04 Å². The van der Waals surface area contributed by atoms with Gasteiger partial charge in [-0.3, -0.25) is 14.9 Å². The molecule has 2 aliphatic heterocycles. The van der Waals surface area contributed by atoms with Crippen molar-refractivity contribution in [3.63, 3.8) is 0 Å². The fourth-order valence-electron chi connectivity index (χ4n) is 3.95. The monoisotopic (exact) mass is 410 g/mol. The molecule has 0 aliphatic carbocycles. The van der Waals surface area contributed by atoms with Crippen LogP contribution in [0.25, 0.3) is 0 Å². The zero-order valence-corrected chi connectivity index (χ0v) is 17.8. The van der Waals surface area contributed by atoms with Crippen LogP contribution in [0.2, 0.25) is 0 Å². The highest BCUT2D eigenvalue weighted by Gasteiger charge is 2.30. The normalized spacial score (nSPS) is 20.0. The molecule has 1 N–H and O–H groups in total. The molecule has 2 heterocycles. The van der Waals surface area contributed by atoms with Crippen LogP contribution in [0.3, 0.4) is 0 Å². The Balaban J connectivity index is 1.77. The molecule has 160 valence electrons. The van der Waals surface area contributed by atoms with E-state index in [1.807, 2.05) is 49.3 Å². The first kappa shape index (κ1) is 21.6. The van der Waals surface area contributed by atoms with Gasteiger partial charge in [-0.05, 0) is 56.7 Å². The van der Waals surface area contributed by atoms with Crippen molar-refractivity contribution in [1.82, 2.24) is 15.1 Å². The van der Waals surface area contributed by atoms with E-state index in [2.05, 4.69) is 10.3 Å². The third kappa shape index (κ3) is 5.29. The summed E-state index contributed by atoms with van der Waals surface area (Å²) in [4.78, 5) is 35.6. The van der Waals surface area contributed by atoms with Crippen LogP contribution in [0.4, 0.5) is 5.69 Å². The van der Waals surface area contributed by atoms with Crippen LogP contribution < -0.4 is 10.2 Å². The first-order valence-corrected chi connectivity index (χ1v) is 10.6. The summed E-state index contributed by atoms with van der Waals surface area (Å²) in [6, 6.07) is 7.24. The summed E-state index contributed by atoms with van der Waals surface area (Å²) >= 11 is 0. The highest BCUT2D eigenvalue weighted by molar-refractivity contribution is 5.98. The lowest BCUT2D eigenvalue weighted by atomic mass is 10.1. The number of anilines is 1. The van der Waals surface area contributed by atoms with Crippen molar-refractivity contribution in [2.45, 2.75) is 45.1 Å². The summed E-state index contributed by atoms with van der Waals surface area (Å²) < 4.78 is 0. The van der Waals surface area contributed by atoms with Crippen molar-refractivity contribution < 1.29 is 9.59 Å². The summed E-state index contributed by atoms with van der Waals surface area (Å²) in [5, 5.41) is 11.8. The highest BCUT2D eigenvalue weighted by Crippen LogP contribution is 2.19. The predicted molar refractivity (Wildman–Crippen MR) is 116 cm³/mol. The van der Waals surface area contributed by atoms with Gasteiger partial charge in [-0.2, -0.15) is 5.26 Å². The molecule has 2 saturated heterocycles. The van der Waals surface area contributed by atoms with Crippen LogP contribution in [0.15, 0.2) is 29.3 Å². The zero-order valence-electron chi connectivity index (χ0n) is 17.8. The van der Waals surface area contributed by atoms with Gasteiger partial charge in [-0.25, -0.2) is 4.99 Å². The number of hydrogen-bond donors (Lipinski definition) is 1. The minimum Gasteiger partial charge on any atom is -0.341 e. The number of carbonyl (C=O) groups is 2. The Labute approximate surface area is 178 Å². The maximum absolute atomic E-state index is 13.2. The maximum Gasteiger partial charge on any atom is 0.247 e. The molecule has 1 aromatic rings. The van der Waals surface area contributed by atoms with E-state index in [4.69, 9.17) is 0 Å². The minimum absolute atomic E-state index is 0.0118. The second-order valence-corrected chi connectivity index (χ2v) is 7.95. The third-order valence-electron chi connectivity index (χ3n) is 5.69. The molecule has 2 amide bonds. The van der Waals surface area contributed by atoms with E-state index in [0.29, 0.717) is 18.9 Å². The number of aliphatic imine (C=N–C) groups is 1. The van der Waals surface area contributed by atoms with Crippen LogP contribution in [0, 0.1) is 18.4 Å². The molecule has 8 nitrogen and oxygen atoms in total. The summed E-state index contributed by atoms with van der Waals surface area (Å²) in [5.74, 6) is 0.196. The molecule has 1 atom stereocenters. The lowest BCUT2D eigenvalue weighted by Gasteiger charge is -2.26. The molecular weight excluding hydrogens is 380 g/mol. The smallest absolute Gasteiger partial charge is 0.247 e. The first-order chi connectivity index (χ1) is 14.5. The number of nitrogens with zero attached hydrogens (tertiary/aromatic N) is 5. The van der Waals surface area contributed by atoms with Gasteiger partial charge in [0.25, 0.3) is 0 Å². The Morgan fingerprint density at radius 3 is 2.70 bits per heavy atom. The van der Waals surface area contributed by atoms with E-state index < -0.39 is 6.04 Å². The number of nitriles is 1. The summed E-state index contributed by atoms with van der Waals surface area (Å²) in [7, 11) is 1.81. The predicted octanol–water partition coefficient (Wildman–Crippen LogP) is 1.86. The largest absolute Gasteiger partial charge is 0.341 e. The summed E-state index contributed by atoms with van der Waals surface area (Å²) in [6.07, 6.45) is 6.28. The van der Waals surface area contributed by atoms with E-state index in [-0.39, 0.29) is 18.4 Å². The second-order valence-electron chi connectivity index (χ2n) is 7.95. The van der Waals surface area contributed by atoms with Gasteiger partial charge < -0.3 is 14.7 Å². The van der Waals surface area contributed by atoms with Crippen LogP contribution in [0.1, 0.15) is 37.7 Å². The number of benzene rings is 1. The number of likely N-dealkylation sites (tertiary alicyclic amines) is 2. The van der Waals surface area contributed by atoms with Crippen LogP contribution in [0.5, 0.6) is 0 Å². The molecule has 1 aromatic carbocycles. The fraction of sp³-hybridized carbons (Fsp3) is 0.545. The Bertz CT molecular complexity index is 840. The van der Waals surface area contributed by atoms with E-state index in [1.165, 1.54) is 0 Å². The van der Waals surface area contributed by atoms with Gasteiger partial charge in [0.2, 0.25) is 17.8 Å². The molecule has 1 unspecified atom stereocenters. The van der Waals surface area contributed by atoms with E-state index in [0.717, 1.165) is 50.0 Å². The number of hydrogen-bond acceptors (Lipinski definition) is 4. The molecule has 0 aromatic heterocycles. The summed E-state index contributed by atoms with van der Waals surface area (Å²) in [5.41, 5.74) is 1.96. The highest BCUT2D eigenvalue weighted by atomic mass is 16.2. The van der Waals surface area contributed by atoms with Crippen molar-refractivity contribution in [3.05, 3.63) is 29.8 Å². The van der Waals surface area contributed by atoms with E-state index >= 15 is 0 Å². The van der Waals surface area contributed by atoms with Gasteiger partial charge in [0, 0.05) is 32.4 Å². The van der Waals surface area contributed by atoms with Crippen LogP contribution in [-0.4, -0.2) is 66.8 Å². The van der Waals surface area contributed by atoms with Gasteiger partial charge in [-0.15, -0.1) is 0 Å². The lowest BCUT2D eigenvalue weighted by Crippen LogP contribution is -2.46. The maximum atomic E-state index is 13.2. The number of amides is 2. The fourth-order valence-corrected chi connectivity index (χ4v) is 3.95. The Kier molecular flexibility index (Phi) is 7.28. The average molecular weight is 411 g/mol. The van der Waals surface area contributed by atoms with Crippen molar-refractivity contribution in [1.29, 1.82) is 5.26 Å². The SMILES string of the molecule is Cc1cccc(N(C)C(=NC2CCCCN(CC(=O)N3CCCC3)C2=O)NC#N)c1. The Morgan fingerprint density at radius 2 is 2.00 bits per heavy atom. The van der Waals surface area contributed by atoms with Crippen molar-refractivity contribution in [2.24, 2.45) is 4.99 Å². The molecule has 30 heavy (non-hydrogen) atoms. The molecular formula is C22H30N6O2. The second kappa shape index (κ2) is 10.1. The van der Waals surface area contributed by atoms with Gasteiger partial charge in [-0.1, -0.05) is 12.1 Å². The van der Waals surface area contributed by atoms with E-state index in [9.17, 15) is 14.9 Å². The van der Waals surface area contributed by atoms with Crippen LogP contribution in [-0.2, 0) is 9.59 Å².